The number of hydrogen-bond acceptors (Lipinski definition) is 3. The first kappa shape index (κ1) is 17.1. The van der Waals surface area contributed by atoms with Gasteiger partial charge in [0.25, 0.3) is 5.91 Å². The lowest BCUT2D eigenvalue weighted by Crippen LogP contribution is -2.50. The molecule has 6 heteroatoms. The lowest BCUT2D eigenvalue weighted by Gasteiger charge is -2.21. The Morgan fingerprint density at radius 1 is 1.29 bits per heavy atom. The molecule has 5 nitrogen and oxygen atoms in total. The first-order chi connectivity index (χ1) is 9.97. The molecule has 1 unspecified atom stereocenters. The van der Waals surface area contributed by atoms with Crippen molar-refractivity contribution in [2.45, 2.75) is 26.3 Å². The largest absolute Gasteiger partial charge is 0.354 e. The van der Waals surface area contributed by atoms with Crippen molar-refractivity contribution in [2.75, 3.05) is 13.1 Å². The molecule has 0 saturated heterocycles. The fourth-order valence-electron chi connectivity index (χ4n) is 1.82. The molecule has 21 heavy (non-hydrogen) atoms. The van der Waals surface area contributed by atoms with Crippen LogP contribution in [0.2, 0.25) is 0 Å². The number of carbonyl (C=O) groups is 2. The van der Waals surface area contributed by atoms with Gasteiger partial charge in [0.2, 0.25) is 5.91 Å². The normalized spacial score (nSPS) is 12.0. The topological polar surface area (TPSA) is 84.2 Å². The molecule has 0 heterocycles. The predicted molar refractivity (Wildman–Crippen MR) is 79.2 cm³/mol. The molecule has 1 aromatic rings. The van der Waals surface area contributed by atoms with Crippen LogP contribution in [0.4, 0.5) is 4.39 Å². The monoisotopic (exact) mass is 295 g/mol. The molecule has 0 aliphatic rings. The fourth-order valence-corrected chi connectivity index (χ4v) is 1.82. The third-order valence-electron chi connectivity index (χ3n) is 3.03. The highest BCUT2D eigenvalue weighted by atomic mass is 19.1. The second-order valence-corrected chi connectivity index (χ2v) is 5.11. The third-order valence-corrected chi connectivity index (χ3v) is 3.03. The van der Waals surface area contributed by atoms with E-state index in [0.29, 0.717) is 19.5 Å². The van der Waals surface area contributed by atoms with Crippen LogP contribution >= 0.6 is 0 Å². The summed E-state index contributed by atoms with van der Waals surface area (Å²) in [6.45, 7) is 4.56. The molecule has 1 aromatic carbocycles. The van der Waals surface area contributed by atoms with Gasteiger partial charge >= 0.3 is 0 Å². The number of amides is 2. The third kappa shape index (κ3) is 5.15. The molecule has 0 aliphatic heterocycles. The van der Waals surface area contributed by atoms with Crippen molar-refractivity contribution in [3.8, 4) is 0 Å². The Balaban J connectivity index is 2.72. The molecule has 4 N–H and O–H groups in total. The van der Waals surface area contributed by atoms with Crippen molar-refractivity contribution in [1.29, 1.82) is 0 Å². The summed E-state index contributed by atoms with van der Waals surface area (Å²) < 4.78 is 13.6. The van der Waals surface area contributed by atoms with Crippen LogP contribution in [0.1, 0.15) is 30.6 Å². The SMILES string of the molecule is CC(C)C(NC(=O)c1ccccc1F)C(=O)NCCCN. The Morgan fingerprint density at radius 3 is 2.52 bits per heavy atom. The van der Waals surface area contributed by atoms with E-state index in [1.807, 2.05) is 13.8 Å². The smallest absolute Gasteiger partial charge is 0.254 e. The highest BCUT2D eigenvalue weighted by Crippen LogP contribution is 2.08. The van der Waals surface area contributed by atoms with Gasteiger partial charge < -0.3 is 16.4 Å². The van der Waals surface area contributed by atoms with Crippen molar-refractivity contribution in [3.63, 3.8) is 0 Å². The molecule has 0 bridgehead atoms. The number of carbonyl (C=O) groups excluding carboxylic acids is 2. The Morgan fingerprint density at radius 2 is 1.95 bits per heavy atom. The Labute approximate surface area is 124 Å². The molecule has 0 aliphatic carbocycles. The number of hydrogen-bond donors (Lipinski definition) is 3. The summed E-state index contributed by atoms with van der Waals surface area (Å²) in [6.07, 6.45) is 0.664. The van der Waals surface area contributed by atoms with Crippen LogP contribution in [0.5, 0.6) is 0 Å². The molecule has 0 aromatic heterocycles. The molecule has 0 fully saturated rings. The average molecular weight is 295 g/mol. The molecule has 0 saturated carbocycles. The first-order valence-electron chi connectivity index (χ1n) is 7.00. The molecule has 1 rings (SSSR count). The van der Waals surface area contributed by atoms with Crippen molar-refractivity contribution in [1.82, 2.24) is 10.6 Å². The van der Waals surface area contributed by atoms with Gasteiger partial charge in [0.05, 0.1) is 5.56 Å². The van der Waals surface area contributed by atoms with E-state index >= 15 is 0 Å². The molecule has 0 spiro atoms. The van der Waals surface area contributed by atoms with Gasteiger partial charge in [0.1, 0.15) is 11.9 Å². The number of halogens is 1. The quantitative estimate of drug-likeness (QED) is 0.657. The van der Waals surface area contributed by atoms with Gasteiger partial charge in [-0.1, -0.05) is 26.0 Å². The highest BCUT2D eigenvalue weighted by molar-refractivity contribution is 5.97. The zero-order chi connectivity index (χ0) is 15.8. The van der Waals surface area contributed by atoms with Crippen LogP contribution in [0.3, 0.4) is 0 Å². The summed E-state index contributed by atoms with van der Waals surface area (Å²) >= 11 is 0. The maximum atomic E-state index is 13.6. The van der Waals surface area contributed by atoms with Gasteiger partial charge in [-0.05, 0) is 31.0 Å². The van der Waals surface area contributed by atoms with Crippen LogP contribution in [0.25, 0.3) is 0 Å². The van der Waals surface area contributed by atoms with Crippen LogP contribution in [0.15, 0.2) is 24.3 Å². The van der Waals surface area contributed by atoms with Crippen LogP contribution in [-0.4, -0.2) is 30.9 Å². The second kappa shape index (κ2) is 8.36. The zero-order valence-electron chi connectivity index (χ0n) is 12.4. The minimum atomic E-state index is -0.713. The average Bonchev–Trinajstić information content (AvgIpc) is 2.44. The number of nitrogens with two attached hydrogens (primary N) is 1. The van der Waals surface area contributed by atoms with Gasteiger partial charge in [-0.25, -0.2) is 4.39 Å². The van der Waals surface area contributed by atoms with E-state index in [4.69, 9.17) is 5.73 Å². The lowest BCUT2D eigenvalue weighted by molar-refractivity contribution is -0.123. The van der Waals surface area contributed by atoms with E-state index in [2.05, 4.69) is 10.6 Å². The van der Waals surface area contributed by atoms with Crippen molar-refractivity contribution in [2.24, 2.45) is 11.7 Å². The van der Waals surface area contributed by atoms with E-state index in [9.17, 15) is 14.0 Å². The molecular formula is C15H22FN3O2. The summed E-state index contributed by atoms with van der Waals surface area (Å²) in [7, 11) is 0. The summed E-state index contributed by atoms with van der Waals surface area (Å²) in [6, 6.07) is 4.96. The van der Waals surface area contributed by atoms with Gasteiger partial charge in [-0.15, -0.1) is 0 Å². The maximum absolute atomic E-state index is 13.6. The van der Waals surface area contributed by atoms with Crippen LogP contribution in [-0.2, 0) is 4.79 Å². The van der Waals surface area contributed by atoms with Gasteiger partial charge in [0.15, 0.2) is 0 Å². The molecule has 1 atom stereocenters. The van der Waals surface area contributed by atoms with Crippen molar-refractivity contribution >= 4 is 11.8 Å². The summed E-state index contributed by atoms with van der Waals surface area (Å²) in [4.78, 5) is 24.1. The van der Waals surface area contributed by atoms with Gasteiger partial charge in [-0.3, -0.25) is 9.59 Å². The summed E-state index contributed by atoms with van der Waals surface area (Å²) in [5.74, 6) is -1.61. The highest BCUT2D eigenvalue weighted by Gasteiger charge is 2.25. The predicted octanol–water partition coefficient (Wildman–Crippen LogP) is 1.05. The summed E-state index contributed by atoms with van der Waals surface area (Å²) in [5, 5.41) is 5.29. The van der Waals surface area contributed by atoms with E-state index in [-0.39, 0.29) is 17.4 Å². The molecular weight excluding hydrogens is 273 g/mol. The fraction of sp³-hybridized carbons (Fsp3) is 0.467. The number of rotatable bonds is 7. The molecule has 2 amide bonds. The first-order valence-corrected chi connectivity index (χ1v) is 7.00. The maximum Gasteiger partial charge on any atom is 0.254 e. The minimum absolute atomic E-state index is 0.0714. The van der Waals surface area contributed by atoms with Crippen molar-refractivity contribution < 1.29 is 14.0 Å². The molecule has 0 radical (unpaired) electrons. The zero-order valence-corrected chi connectivity index (χ0v) is 12.4. The molecule has 116 valence electrons. The van der Waals surface area contributed by atoms with E-state index < -0.39 is 17.8 Å². The van der Waals surface area contributed by atoms with Crippen LogP contribution in [0, 0.1) is 11.7 Å². The van der Waals surface area contributed by atoms with E-state index in [0.717, 1.165) is 0 Å². The minimum Gasteiger partial charge on any atom is -0.354 e. The Hall–Kier alpha value is -1.95. The Kier molecular flexibility index (Phi) is 6.81. The second-order valence-electron chi connectivity index (χ2n) is 5.11. The number of nitrogens with one attached hydrogen (secondary N) is 2. The number of benzene rings is 1. The standard InChI is InChI=1S/C15H22FN3O2/c1-10(2)13(15(21)18-9-5-8-17)19-14(20)11-6-3-4-7-12(11)16/h3-4,6-7,10,13H,5,8-9,17H2,1-2H3,(H,18,21)(H,19,20). The summed E-state index contributed by atoms with van der Waals surface area (Å²) in [5.41, 5.74) is 5.29. The van der Waals surface area contributed by atoms with E-state index in [1.54, 1.807) is 6.07 Å². The van der Waals surface area contributed by atoms with Gasteiger partial charge in [0, 0.05) is 6.54 Å². The lowest BCUT2D eigenvalue weighted by atomic mass is 10.0. The Bertz CT molecular complexity index is 492. The van der Waals surface area contributed by atoms with E-state index in [1.165, 1.54) is 18.2 Å². The van der Waals surface area contributed by atoms with Crippen molar-refractivity contribution in [3.05, 3.63) is 35.6 Å². The van der Waals surface area contributed by atoms with Crippen LogP contribution < -0.4 is 16.4 Å². The van der Waals surface area contributed by atoms with Gasteiger partial charge in [-0.2, -0.15) is 0 Å².